The van der Waals surface area contributed by atoms with Crippen molar-refractivity contribution in [2.75, 3.05) is 19.4 Å². The third-order valence-corrected chi connectivity index (χ3v) is 3.12. The first-order valence-corrected chi connectivity index (χ1v) is 7.05. The van der Waals surface area contributed by atoms with Crippen molar-refractivity contribution in [3.05, 3.63) is 29.3 Å². The molecule has 0 fully saturated rings. The number of rotatable bonds is 5. The standard InChI is InChI=1S/C13H17ClN6O2/c1-4-20-12(13(22)18(2)3)10(6-16-20)17-11(21)8-19-7-9(14)5-15-19/h5-7H,4,8H2,1-3H3,(H,17,21). The van der Waals surface area contributed by atoms with E-state index >= 15 is 0 Å². The van der Waals surface area contributed by atoms with Gasteiger partial charge in [-0.25, -0.2) is 0 Å². The van der Waals surface area contributed by atoms with Crippen molar-refractivity contribution in [2.24, 2.45) is 0 Å². The van der Waals surface area contributed by atoms with Crippen LogP contribution in [0.3, 0.4) is 0 Å². The Morgan fingerprint density at radius 3 is 2.59 bits per heavy atom. The lowest BCUT2D eigenvalue weighted by molar-refractivity contribution is -0.116. The highest BCUT2D eigenvalue weighted by Crippen LogP contribution is 2.17. The highest BCUT2D eigenvalue weighted by molar-refractivity contribution is 6.30. The van der Waals surface area contributed by atoms with Crippen LogP contribution in [0.2, 0.25) is 5.02 Å². The van der Waals surface area contributed by atoms with Gasteiger partial charge in [-0.3, -0.25) is 19.0 Å². The van der Waals surface area contributed by atoms with E-state index in [1.807, 2.05) is 6.92 Å². The average molecular weight is 325 g/mol. The van der Waals surface area contributed by atoms with E-state index < -0.39 is 0 Å². The minimum Gasteiger partial charge on any atom is -0.343 e. The Morgan fingerprint density at radius 1 is 1.32 bits per heavy atom. The fourth-order valence-electron chi connectivity index (χ4n) is 1.92. The normalized spacial score (nSPS) is 10.5. The summed E-state index contributed by atoms with van der Waals surface area (Å²) in [7, 11) is 3.29. The smallest absolute Gasteiger partial charge is 0.273 e. The van der Waals surface area contributed by atoms with E-state index in [0.29, 0.717) is 22.9 Å². The van der Waals surface area contributed by atoms with E-state index in [1.54, 1.807) is 25.0 Å². The Morgan fingerprint density at radius 2 is 2.05 bits per heavy atom. The van der Waals surface area contributed by atoms with Crippen LogP contribution in [-0.4, -0.2) is 50.4 Å². The summed E-state index contributed by atoms with van der Waals surface area (Å²) < 4.78 is 2.96. The summed E-state index contributed by atoms with van der Waals surface area (Å²) in [5.74, 6) is -0.542. The SMILES string of the molecule is CCn1ncc(NC(=O)Cn2cc(Cl)cn2)c1C(=O)N(C)C. The number of halogens is 1. The summed E-state index contributed by atoms with van der Waals surface area (Å²) in [4.78, 5) is 25.7. The second-order valence-corrected chi connectivity index (χ2v) is 5.26. The third kappa shape index (κ3) is 3.45. The Bertz CT molecular complexity index is 691. The van der Waals surface area contributed by atoms with Crippen molar-refractivity contribution in [1.82, 2.24) is 24.5 Å². The predicted molar refractivity (Wildman–Crippen MR) is 81.8 cm³/mol. The van der Waals surface area contributed by atoms with Gasteiger partial charge in [0.05, 0.1) is 23.1 Å². The zero-order valence-corrected chi connectivity index (χ0v) is 13.3. The fraction of sp³-hybridized carbons (Fsp3) is 0.385. The van der Waals surface area contributed by atoms with Crippen LogP contribution < -0.4 is 5.32 Å². The number of aryl methyl sites for hydroxylation is 1. The lowest BCUT2D eigenvalue weighted by Gasteiger charge is -2.13. The van der Waals surface area contributed by atoms with Crippen molar-refractivity contribution in [1.29, 1.82) is 0 Å². The molecule has 0 radical (unpaired) electrons. The molecule has 0 saturated heterocycles. The van der Waals surface area contributed by atoms with E-state index in [0.717, 1.165) is 0 Å². The van der Waals surface area contributed by atoms with Crippen molar-refractivity contribution >= 4 is 29.1 Å². The summed E-state index contributed by atoms with van der Waals surface area (Å²) in [5.41, 5.74) is 0.725. The molecule has 2 heterocycles. The van der Waals surface area contributed by atoms with Gasteiger partial charge >= 0.3 is 0 Å². The number of hydrogen-bond acceptors (Lipinski definition) is 4. The second kappa shape index (κ2) is 6.61. The maximum Gasteiger partial charge on any atom is 0.273 e. The van der Waals surface area contributed by atoms with Crippen molar-refractivity contribution in [3.8, 4) is 0 Å². The molecule has 0 aromatic carbocycles. The van der Waals surface area contributed by atoms with E-state index in [1.165, 1.54) is 22.0 Å². The van der Waals surface area contributed by atoms with E-state index in [4.69, 9.17) is 11.6 Å². The summed E-state index contributed by atoms with van der Waals surface area (Å²) in [6.07, 6.45) is 4.46. The van der Waals surface area contributed by atoms with Gasteiger partial charge in [-0.2, -0.15) is 10.2 Å². The topological polar surface area (TPSA) is 85.0 Å². The van der Waals surface area contributed by atoms with Gasteiger partial charge in [0.15, 0.2) is 0 Å². The van der Waals surface area contributed by atoms with Gasteiger partial charge < -0.3 is 10.2 Å². The number of anilines is 1. The number of amides is 2. The molecule has 1 N–H and O–H groups in total. The van der Waals surface area contributed by atoms with Crippen LogP contribution in [0.15, 0.2) is 18.6 Å². The van der Waals surface area contributed by atoms with Gasteiger partial charge in [-0.15, -0.1) is 0 Å². The molecule has 8 nitrogen and oxygen atoms in total. The minimum atomic E-state index is -0.316. The van der Waals surface area contributed by atoms with Crippen molar-refractivity contribution in [2.45, 2.75) is 20.0 Å². The van der Waals surface area contributed by atoms with Gasteiger partial charge in [-0.05, 0) is 6.92 Å². The molecular formula is C13H17ClN6O2. The molecule has 0 spiro atoms. The van der Waals surface area contributed by atoms with Gasteiger partial charge in [0.2, 0.25) is 5.91 Å². The monoisotopic (exact) mass is 324 g/mol. The number of carbonyl (C=O) groups is 2. The quantitative estimate of drug-likeness (QED) is 0.892. The molecule has 0 aliphatic carbocycles. The minimum absolute atomic E-state index is 0.000377. The Kier molecular flexibility index (Phi) is 4.81. The molecule has 2 amide bonds. The van der Waals surface area contributed by atoms with E-state index in [-0.39, 0.29) is 18.4 Å². The summed E-state index contributed by atoms with van der Waals surface area (Å²) >= 11 is 5.75. The lowest BCUT2D eigenvalue weighted by Crippen LogP contribution is -2.27. The van der Waals surface area contributed by atoms with Crippen LogP contribution in [-0.2, 0) is 17.9 Å². The summed E-state index contributed by atoms with van der Waals surface area (Å²) in [6.45, 7) is 2.40. The van der Waals surface area contributed by atoms with Crippen molar-refractivity contribution < 1.29 is 9.59 Å². The molecule has 0 saturated carbocycles. The zero-order chi connectivity index (χ0) is 16.3. The molecule has 118 valence electrons. The first-order valence-electron chi connectivity index (χ1n) is 6.67. The van der Waals surface area contributed by atoms with Crippen LogP contribution in [0.4, 0.5) is 5.69 Å². The lowest BCUT2D eigenvalue weighted by atomic mass is 10.3. The van der Waals surface area contributed by atoms with Crippen LogP contribution in [0, 0.1) is 0 Å². The van der Waals surface area contributed by atoms with Crippen molar-refractivity contribution in [3.63, 3.8) is 0 Å². The Hall–Kier alpha value is -2.35. The van der Waals surface area contributed by atoms with E-state index in [2.05, 4.69) is 15.5 Å². The van der Waals surface area contributed by atoms with Crippen LogP contribution in [0.5, 0.6) is 0 Å². The molecule has 2 rings (SSSR count). The Labute approximate surface area is 132 Å². The molecule has 0 unspecified atom stereocenters. The molecule has 0 aliphatic rings. The van der Waals surface area contributed by atoms with Crippen LogP contribution >= 0.6 is 11.6 Å². The molecule has 0 aliphatic heterocycles. The second-order valence-electron chi connectivity index (χ2n) is 4.83. The highest BCUT2D eigenvalue weighted by atomic mass is 35.5. The number of hydrogen-bond donors (Lipinski definition) is 1. The van der Waals surface area contributed by atoms with Crippen LogP contribution in [0.1, 0.15) is 17.4 Å². The fourth-order valence-corrected chi connectivity index (χ4v) is 2.07. The number of nitrogens with zero attached hydrogens (tertiary/aromatic N) is 5. The molecule has 9 heteroatoms. The van der Waals surface area contributed by atoms with Crippen LogP contribution in [0.25, 0.3) is 0 Å². The maximum atomic E-state index is 12.2. The largest absolute Gasteiger partial charge is 0.343 e. The zero-order valence-electron chi connectivity index (χ0n) is 12.6. The summed E-state index contributed by atoms with van der Waals surface area (Å²) in [6, 6.07) is 0. The molecule has 2 aromatic rings. The number of carbonyl (C=O) groups excluding carboxylic acids is 2. The highest BCUT2D eigenvalue weighted by Gasteiger charge is 2.21. The first-order chi connectivity index (χ1) is 10.4. The Balaban J connectivity index is 2.17. The van der Waals surface area contributed by atoms with Gasteiger partial charge in [-0.1, -0.05) is 11.6 Å². The molecule has 0 bridgehead atoms. The van der Waals surface area contributed by atoms with Gasteiger partial charge in [0.1, 0.15) is 12.2 Å². The first kappa shape index (κ1) is 16.0. The molecule has 2 aromatic heterocycles. The maximum absolute atomic E-state index is 12.2. The predicted octanol–water partition coefficient (Wildman–Crippen LogP) is 1.09. The average Bonchev–Trinajstić information content (AvgIpc) is 3.04. The van der Waals surface area contributed by atoms with E-state index in [9.17, 15) is 9.59 Å². The number of nitrogens with one attached hydrogen (secondary N) is 1. The van der Waals surface area contributed by atoms with Gasteiger partial charge in [0, 0.05) is 26.8 Å². The molecule has 22 heavy (non-hydrogen) atoms. The molecule has 0 atom stereocenters. The number of aromatic nitrogens is 4. The van der Waals surface area contributed by atoms with Gasteiger partial charge in [0.25, 0.3) is 5.91 Å². The summed E-state index contributed by atoms with van der Waals surface area (Å²) in [5, 5.41) is 11.2. The molecular weight excluding hydrogens is 308 g/mol. The third-order valence-electron chi connectivity index (χ3n) is 2.93.